The summed E-state index contributed by atoms with van der Waals surface area (Å²) in [6.45, 7) is 1.94. The molecule has 0 spiro atoms. The number of hydrogen-bond acceptors (Lipinski definition) is 5. The molecule has 0 aliphatic carbocycles. The lowest BCUT2D eigenvalue weighted by Crippen LogP contribution is -2.20. The summed E-state index contributed by atoms with van der Waals surface area (Å²) in [5.74, 6) is -0.407. The SMILES string of the molecule is COC(=O)c1cc(-c2ccccc2)sc1NC(=S)n1cc(C)cn1. The molecule has 2 heterocycles. The van der Waals surface area contributed by atoms with Crippen LogP contribution >= 0.6 is 23.6 Å². The molecule has 0 saturated carbocycles. The number of nitrogens with one attached hydrogen (secondary N) is 1. The van der Waals surface area contributed by atoms with Crippen LogP contribution in [0.3, 0.4) is 0 Å². The number of anilines is 1. The van der Waals surface area contributed by atoms with E-state index in [9.17, 15) is 4.79 Å². The molecular weight excluding hydrogens is 342 g/mol. The summed E-state index contributed by atoms with van der Waals surface area (Å²) >= 11 is 6.81. The summed E-state index contributed by atoms with van der Waals surface area (Å²) in [7, 11) is 1.36. The van der Waals surface area contributed by atoms with Crippen LogP contribution < -0.4 is 5.32 Å². The van der Waals surface area contributed by atoms with Gasteiger partial charge in [0, 0.05) is 11.1 Å². The molecule has 1 aromatic carbocycles. The van der Waals surface area contributed by atoms with E-state index in [2.05, 4.69) is 10.4 Å². The second-order valence-electron chi connectivity index (χ2n) is 5.10. The van der Waals surface area contributed by atoms with Crippen molar-refractivity contribution in [3.63, 3.8) is 0 Å². The van der Waals surface area contributed by atoms with Gasteiger partial charge < -0.3 is 10.1 Å². The summed E-state index contributed by atoms with van der Waals surface area (Å²) in [5, 5.41) is 8.30. The Labute approximate surface area is 148 Å². The predicted molar refractivity (Wildman–Crippen MR) is 99.7 cm³/mol. The topological polar surface area (TPSA) is 56.1 Å². The van der Waals surface area contributed by atoms with Crippen LogP contribution in [-0.2, 0) is 4.74 Å². The lowest BCUT2D eigenvalue weighted by Gasteiger charge is -2.07. The Morgan fingerprint density at radius 1 is 1.33 bits per heavy atom. The first-order chi connectivity index (χ1) is 11.6. The molecule has 0 fully saturated rings. The van der Waals surface area contributed by atoms with Gasteiger partial charge in [-0.15, -0.1) is 11.3 Å². The van der Waals surface area contributed by atoms with Gasteiger partial charge in [-0.05, 0) is 36.3 Å². The number of thiophene rings is 1. The molecular formula is C17H15N3O2S2. The molecule has 0 atom stereocenters. The normalized spacial score (nSPS) is 10.4. The lowest BCUT2D eigenvalue weighted by molar-refractivity contribution is 0.0602. The number of methoxy groups -OCH3 is 1. The highest BCUT2D eigenvalue weighted by atomic mass is 32.1. The van der Waals surface area contributed by atoms with E-state index in [1.807, 2.05) is 49.5 Å². The van der Waals surface area contributed by atoms with Crippen LogP contribution in [0.5, 0.6) is 0 Å². The van der Waals surface area contributed by atoms with Crippen molar-refractivity contribution < 1.29 is 9.53 Å². The van der Waals surface area contributed by atoms with Crippen LogP contribution in [0.1, 0.15) is 15.9 Å². The quantitative estimate of drug-likeness (QED) is 0.568. The average molecular weight is 357 g/mol. The zero-order valence-corrected chi connectivity index (χ0v) is 14.8. The summed E-state index contributed by atoms with van der Waals surface area (Å²) in [6.07, 6.45) is 3.54. The maximum absolute atomic E-state index is 12.1. The molecule has 0 aliphatic heterocycles. The van der Waals surface area contributed by atoms with Crippen molar-refractivity contribution in [2.24, 2.45) is 0 Å². The van der Waals surface area contributed by atoms with Crippen LogP contribution in [0.2, 0.25) is 0 Å². The second-order valence-corrected chi connectivity index (χ2v) is 6.54. The van der Waals surface area contributed by atoms with Crippen LogP contribution in [0.25, 0.3) is 10.4 Å². The maximum Gasteiger partial charge on any atom is 0.340 e. The van der Waals surface area contributed by atoms with Gasteiger partial charge in [-0.1, -0.05) is 30.3 Å². The van der Waals surface area contributed by atoms with Crippen LogP contribution in [0.15, 0.2) is 48.8 Å². The lowest BCUT2D eigenvalue weighted by atomic mass is 10.1. The first-order valence-corrected chi connectivity index (χ1v) is 8.41. The number of thiocarbonyl (C=S) groups is 1. The van der Waals surface area contributed by atoms with Crippen molar-refractivity contribution in [3.05, 3.63) is 59.9 Å². The van der Waals surface area contributed by atoms with Gasteiger partial charge in [0.2, 0.25) is 0 Å². The summed E-state index contributed by atoms with van der Waals surface area (Å²) in [6, 6.07) is 11.7. The van der Waals surface area contributed by atoms with Crippen molar-refractivity contribution in [2.75, 3.05) is 12.4 Å². The number of carbonyl (C=O) groups excluding carboxylic acids is 1. The van der Waals surface area contributed by atoms with E-state index in [0.717, 1.165) is 16.0 Å². The molecule has 7 heteroatoms. The van der Waals surface area contributed by atoms with E-state index < -0.39 is 5.97 Å². The van der Waals surface area contributed by atoms with Gasteiger partial charge in [-0.3, -0.25) is 0 Å². The van der Waals surface area contributed by atoms with E-state index in [-0.39, 0.29) is 0 Å². The van der Waals surface area contributed by atoms with Crippen molar-refractivity contribution in [1.82, 2.24) is 9.78 Å². The van der Waals surface area contributed by atoms with E-state index in [4.69, 9.17) is 17.0 Å². The molecule has 24 heavy (non-hydrogen) atoms. The number of rotatable bonds is 3. The number of hydrogen-bond donors (Lipinski definition) is 1. The van der Waals surface area contributed by atoms with Gasteiger partial charge in [-0.25, -0.2) is 9.48 Å². The highest BCUT2D eigenvalue weighted by molar-refractivity contribution is 7.80. The minimum absolute atomic E-state index is 0.398. The molecule has 0 amide bonds. The third kappa shape index (κ3) is 3.37. The van der Waals surface area contributed by atoms with Crippen molar-refractivity contribution in [1.29, 1.82) is 0 Å². The number of benzene rings is 1. The molecule has 0 unspecified atom stereocenters. The van der Waals surface area contributed by atoms with E-state index >= 15 is 0 Å². The Morgan fingerprint density at radius 2 is 2.08 bits per heavy atom. The fraction of sp³-hybridized carbons (Fsp3) is 0.118. The summed E-state index contributed by atoms with van der Waals surface area (Å²) in [5.41, 5.74) is 2.48. The van der Waals surface area contributed by atoms with Gasteiger partial charge in [-0.2, -0.15) is 5.10 Å². The molecule has 3 rings (SSSR count). The summed E-state index contributed by atoms with van der Waals surface area (Å²) < 4.78 is 6.44. The molecule has 0 radical (unpaired) electrons. The van der Waals surface area contributed by atoms with Gasteiger partial charge in [0.15, 0.2) is 5.11 Å². The first kappa shape index (κ1) is 16.4. The molecule has 122 valence electrons. The fourth-order valence-corrected chi connectivity index (χ4v) is 3.49. The molecule has 0 saturated heterocycles. The largest absolute Gasteiger partial charge is 0.465 e. The average Bonchev–Trinajstić information content (AvgIpc) is 3.21. The number of ether oxygens (including phenoxy) is 1. The Balaban J connectivity index is 1.95. The fourth-order valence-electron chi connectivity index (χ4n) is 2.17. The Hall–Kier alpha value is -2.51. The predicted octanol–water partition coefficient (Wildman–Crippen LogP) is 3.95. The molecule has 0 aliphatic rings. The van der Waals surface area contributed by atoms with Crippen LogP contribution in [-0.4, -0.2) is 28.0 Å². The minimum Gasteiger partial charge on any atom is -0.465 e. The molecule has 3 aromatic rings. The third-order valence-corrected chi connectivity index (χ3v) is 4.72. The Morgan fingerprint density at radius 3 is 2.71 bits per heavy atom. The second kappa shape index (κ2) is 6.94. The zero-order valence-electron chi connectivity index (χ0n) is 13.1. The highest BCUT2D eigenvalue weighted by Gasteiger charge is 2.19. The smallest absolute Gasteiger partial charge is 0.340 e. The van der Waals surface area contributed by atoms with Gasteiger partial charge in [0.05, 0.1) is 18.9 Å². The number of aryl methyl sites for hydroxylation is 1. The summed E-state index contributed by atoms with van der Waals surface area (Å²) in [4.78, 5) is 13.0. The third-order valence-electron chi connectivity index (χ3n) is 3.34. The number of aromatic nitrogens is 2. The first-order valence-electron chi connectivity index (χ1n) is 7.18. The van der Waals surface area contributed by atoms with Crippen molar-refractivity contribution in [2.45, 2.75) is 6.92 Å². The van der Waals surface area contributed by atoms with Crippen molar-refractivity contribution >= 4 is 39.6 Å². The molecule has 5 nitrogen and oxygen atoms in total. The van der Waals surface area contributed by atoms with Gasteiger partial charge in [0.25, 0.3) is 0 Å². The highest BCUT2D eigenvalue weighted by Crippen LogP contribution is 2.35. The van der Waals surface area contributed by atoms with Gasteiger partial charge in [0.1, 0.15) is 5.00 Å². The number of carbonyl (C=O) groups is 1. The number of esters is 1. The standard InChI is InChI=1S/C17H15N3O2S2/c1-11-9-18-20(10-11)17(23)19-15-13(16(21)22-2)8-14(24-15)12-6-4-3-5-7-12/h3-10H,1-2H3,(H,19,23). The molecule has 1 N–H and O–H groups in total. The Kier molecular flexibility index (Phi) is 4.73. The van der Waals surface area contributed by atoms with E-state index in [1.165, 1.54) is 18.4 Å². The maximum atomic E-state index is 12.1. The zero-order chi connectivity index (χ0) is 17.1. The molecule has 0 bridgehead atoms. The number of nitrogens with zero attached hydrogens (tertiary/aromatic N) is 2. The Bertz CT molecular complexity index is 884. The van der Waals surface area contributed by atoms with Crippen molar-refractivity contribution in [3.8, 4) is 10.4 Å². The van der Waals surface area contributed by atoms with Crippen LogP contribution in [0.4, 0.5) is 5.00 Å². The van der Waals surface area contributed by atoms with E-state index in [0.29, 0.717) is 15.7 Å². The van der Waals surface area contributed by atoms with Crippen LogP contribution in [0, 0.1) is 6.92 Å². The van der Waals surface area contributed by atoms with E-state index in [1.54, 1.807) is 10.9 Å². The van der Waals surface area contributed by atoms with Gasteiger partial charge >= 0.3 is 5.97 Å². The minimum atomic E-state index is -0.407. The molecule has 2 aromatic heterocycles. The monoisotopic (exact) mass is 357 g/mol.